The van der Waals surface area contributed by atoms with Gasteiger partial charge < -0.3 is 15.8 Å². The summed E-state index contributed by atoms with van der Waals surface area (Å²) in [6, 6.07) is 4.18. The molecule has 3 nitrogen and oxygen atoms in total. The highest BCUT2D eigenvalue weighted by Crippen LogP contribution is 2.23. The van der Waals surface area contributed by atoms with E-state index < -0.39 is 0 Å². The van der Waals surface area contributed by atoms with Crippen LogP contribution in [0.4, 0.5) is 0 Å². The highest BCUT2D eigenvalue weighted by atomic mass is 16.5. The maximum absolute atomic E-state index is 5.46. The van der Waals surface area contributed by atoms with Gasteiger partial charge in [0.2, 0.25) is 0 Å². The van der Waals surface area contributed by atoms with Crippen LogP contribution < -0.4 is 15.8 Å². The van der Waals surface area contributed by atoms with E-state index in [2.05, 4.69) is 25.2 Å². The van der Waals surface area contributed by atoms with Crippen LogP contribution in [0, 0.1) is 13.8 Å². The number of nitrogens with one attached hydrogen (secondary N) is 1. The molecule has 0 radical (unpaired) electrons. The molecule has 17 heavy (non-hydrogen) atoms. The molecule has 3 N–H and O–H groups in total. The van der Waals surface area contributed by atoms with Crippen LogP contribution in [0.15, 0.2) is 12.1 Å². The van der Waals surface area contributed by atoms with E-state index in [4.69, 9.17) is 10.5 Å². The molecule has 0 fully saturated rings. The number of hydrogen-bond donors (Lipinski definition) is 2. The van der Waals surface area contributed by atoms with Gasteiger partial charge in [0.05, 0.1) is 7.11 Å². The van der Waals surface area contributed by atoms with Gasteiger partial charge >= 0.3 is 0 Å². The van der Waals surface area contributed by atoms with Crippen molar-refractivity contribution in [3.05, 3.63) is 28.8 Å². The maximum Gasteiger partial charge on any atom is 0.122 e. The summed E-state index contributed by atoms with van der Waals surface area (Å²) >= 11 is 0. The molecular formula is C14H24N2O. The Hall–Kier alpha value is -1.06. The topological polar surface area (TPSA) is 47.3 Å². The number of rotatable bonds is 7. The third-order valence-corrected chi connectivity index (χ3v) is 3.19. The quantitative estimate of drug-likeness (QED) is 0.713. The van der Waals surface area contributed by atoms with Crippen LogP contribution in [-0.2, 0) is 6.54 Å². The summed E-state index contributed by atoms with van der Waals surface area (Å²) in [6.45, 7) is 6.98. The summed E-state index contributed by atoms with van der Waals surface area (Å²) in [5.74, 6) is 0.967. The molecule has 1 rings (SSSR count). The maximum atomic E-state index is 5.46. The average Bonchev–Trinajstić information content (AvgIpc) is 2.34. The number of methoxy groups -OCH3 is 1. The molecule has 96 valence electrons. The van der Waals surface area contributed by atoms with Crippen LogP contribution in [0.25, 0.3) is 0 Å². The van der Waals surface area contributed by atoms with Crippen LogP contribution in [0.5, 0.6) is 5.75 Å². The summed E-state index contributed by atoms with van der Waals surface area (Å²) < 4.78 is 5.30. The lowest BCUT2D eigenvalue weighted by atomic mass is 10.0. The Bertz CT molecular complexity index is 350. The molecule has 1 aromatic rings. The monoisotopic (exact) mass is 236 g/mol. The Morgan fingerprint density at radius 1 is 1.18 bits per heavy atom. The highest BCUT2D eigenvalue weighted by molar-refractivity contribution is 5.43. The zero-order valence-corrected chi connectivity index (χ0v) is 11.2. The van der Waals surface area contributed by atoms with E-state index >= 15 is 0 Å². The minimum atomic E-state index is 0.780. The molecule has 0 unspecified atom stereocenters. The van der Waals surface area contributed by atoms with Crippen molar-refractivity contribution >= 4 is 0 Å². The molecule has 0 amide bonds. The summed E-state index contributed by atoms with van der Waals surface area (Å²) in [4.78, 5) is 0. The van der Waals surface area contributed by atoms with Crippen LogP contribution in [0.3, 0.4) is 0 Å². The lowest BCUT2D eigenvalue weighted by Gasteiger charge is -2.13. The molecule has 3 heteroatoms. The third-order valence-electron chi connectivity index (χ3n) is 3.19. The Morgan fingerprint density at radius 2 is 1.94 bits per heavy atom. The first-order valence-corrected chi connectivity index (χ1v) is 6.24. The van der Waals surface area contributed by atoms with E-state index in [9.17, 15) is 0 Å². The van der Waals surface area contributed by atoms with Gasteiger partial charge in [0.15, 0.2) is 0 Å². The van der Waals surface area contributed by atoms with E-state index in [1.165, 1.54) is 16.7 Å². The SMILES string of the molecule is COc1ccc(CNCCCCN)c(C)c1C. The van der Waals surface area contributed by atoms with Crippen molar-refractivity contribution in [2.75, 3.05) is 20.2 Å². The van der Waals surface area contributed by atoms with Gasteiger partial charge in [0, 0.05) is 6.54 Å². The van der Waals surface area contributed by atoms with Crippen molar-refractivity contribution in [2.45, 2.75) is 33.2 Å². The molecule has 0 aliphatic rings. The fraction of sp³-hybridized carbons (Fsp3) is 0.571. The van der Waals surface area contributed by atoms with Gasteiger partial charge in [-0.3, -0.25) is 0 Å². The van der Waals surface area contributed by atoms with Gasteiger partial charge in [0.1, 0.15) is 5.75 Å². The standard InChI is InChI=1S/C14H24N2O/c1-11-12(2)14(17-3)7-6-13(11)10-16-9-5-4-8-15/h6-7,16H,4-5,8-10,15H2,1-3H3. The summed E-state index contributed by atoms with van der Waals surface area (Å²) in [5, 5.41) is 3.45. The van der Waals surface area contributed by atoms with E-state index in [0.29, 0.717) is 0 Å². The second-order valence-electron chi connectivity index (χ2n) is 4.35. The lowest BCUT2D eigenvalue weighted by Crippen LogP contribution is -2.16. The summed E-state index contributed by atoms with van der Waals surface area (Å²) in [5.41, 5.74) is 9.35. The van der Waals surface area contributed by atoms with Crippen LogP contribution >= 0.6 is 0 Å². The third kappa shape index (κ3) is 4.02. The van der Waals surface area contributed by atoms with Gasteiger partial charge in [-0.15, -0.1) is 0 Å². The van der Waals surface area contributed by atoms with Crippen molar-refractivity contribution in [2.24, 2.45) is 5.73 Å². The Labute approximate surface area is 104 Å². The largest absolute Gasteiger partial charge is 0.496 e. The predicted octanol–water partition coefficient (Wildman–Crippen LogP) is 2.14. The first-order valence-electron chi connectivity index (χ1n) is 6.24. The second-order valence-corrected chi connectivity index (χ2v) is 4.35. The number of hydrogen-bond acceptors (Lipinski definition) is 3. The highest BCUT2D eigenvalue weighted by Gasteiger charge is 2.05. The second kappa shape index (κ2) is 7.30. The van der Waals surface area contributed by atoms with Crippen molar-refractivity contribution in [1.29, 1.82) is 0 Å². The molecule has 0 bridgehead atoms. The van der Waals surface area contributed by atoms with Gasteiger partial charge in [-0.25, -0.2) is 0 Å². The fourth-order valence-corrected chi connectivity index (χ4v) is 1.88. The van der Waals surface area contributed by atoms with Crippen molar-refractivity contribution in [3.63, 3.8) is 0 Å². The number of ether oxygens (including phenoxy) is 1. The Balaban J connectivity index is 2.51. The minimum absolute atomic E-state index is 0.780. The van der Waals surface area contributed by atoms with E-state index in [0.717, 1.165) is 38.2 Å². The fourth-order valence-electron chi connectivity index (χ4n) is 1.88. The molecule has 0 saturated carbocycles. The number of nitrogens with two attached hydrogens (primary N) is 1. The smallest absolute Gasteiger partial charge is 0.122 e. The first-order chi connectivity index (χ1) is 8.20. The molecule has 0 aliphatic heterocycles. The minimum Gasteiger partial charge on any atom is -0.496 e. The molecule has 0 saturated heterocycles. The van der Waals surface area contributed by atoms with Crippen molar-refractivity contribution in [3.8, 4) is 5.75 Å². The molecule has 0 spiro atoms. The molecule has 1 aromatic carbocycles. The van der Waals surface area contributed by atoms with Crippen LogP contribution in [0.1, 0.15) is 29.5 Å². The lowest BCUT2D eigenvalue weighted by molar-refractivity contribution is 0.411. The van der Waals surface area contributed by atoms with Gasteiger partial charge in [0.25, 0.3) is 0 Å². The zero-order chi connectivity index (χ0) is 12.7. The van der Waals surface area contributed by atoms with Gasteiger partial charge in [-0.2, -0.15) is 0 Å². The van der Waals surface area contributed by atoms with Crippen molar-refractivity contribution < 1.29 is 4.74 Å². The zero-order valence-electron chi connectivity index (χ0n) is 11.2. The normalized spacial score (nSPS) is 10.6. The first kappa shape index (κ1) is 14.0. The Kier molecular flexibility index (Phi) is 6.01. The summed E-state index contributed by atoms with van der Waals surface area (Å²) in [7, 11) is 1.71. The van der Waals surface area contributed by atoms with E-state index in [-0.39, 0.29) is 0 Å². The molecule has 0 aliphatic carbocycles. The van der Waals surface area contributed by atoms with Crippen molar-refractivity contribution in [1.82, 2.24) is 5.32 Å². The Morgan fingerprint density at radius 3 is 2.59 bits per heavy atom. The number of unbranched alkanes of at least 4 members (excludes halogenated alkanes) is 1. The van der Waals surface area contributed by atoms with E-state index in [1.54, 1.807) is 7.11 Å². The predicted molar refractivity (Wildman–Crippen MR) is 72.5 cm³/mol. The van der Waals surface area contributed by atoms with E-state index in [1.807, 2.05) is 6.07 Å². The number of benzene rings is 1. The molecule has 0 atom stereocenters. The molecule has 0 heterocycles. The average molecular weight is 236 g/mol. The van der Waals surface area contributed by atoms with Crippen LogP contribution in [-0.4, -0.2) is 20.2 Å². The molecule has 0 aromatic heterocycles. The van der Waals surface area contributed by atoms with Crippen LogP contribution in [0.2, 0.25) is 0 Å². The van der Waals surface area contributed by atoms with Gasteiger partial charge in [-0.1, -0.05) is 6.07 Å². The molecular weight excluding hydrogens is 212 g/mol. The summed E-state index contributed by atoms with van der Waals surface area (Å²) in [6.07, 6.45) is 2.23. The van der Waals surface area contributed by atoms with Gasteiger partial charge in [-0.05, 0) is 62.5 Å².